The van der Waals surface area contributed by atoms with Crippen LogP contribution in [0.25, 0.3) is 6.08 Å². The first kappa shape index (κ1) is 22.6. The van der Waals surface area contributed by atoms with Gasteiger partial charge < -0.3 is 4.74 Å². The molecule has 1 aliphatic heterocycles. The van der Waals surface area contributed by atoms with Crippen molar-refractivity contribution >= 4 is 33.5 Å². The van der Waals surface area contributed by atoms with Crippen LogP contribution in [0.3, 0.4) is 0 Å². The largest absolute Gasteiger partial charge is 0.458 e. The van der Waals surface area contributed by atoms with Gasteiger partial charge in [0.25, 0.3) is 0 Å². The molecule has 0 saturated carbocycles. The molecule has 2 aromatic rings. The molecule has 1 atom stereocenters. The van der Waals surface area contributed by atoms with Gasteiger partial charge in [0, 0.05) is 11.6 Å². The number of aryl methyl sites for hydroxylation is 1. The van der Waals surface area contributed by atoms with Crippen LogP contribution in [-0.2, 0) is 31.4 Å². The number of carbonyl (C=O) groups excluding carboxylic acids is 1. The maximum Gasteiger partial charge on any atom is 0.331 e. The Morgan fingerprint density at radius 2 is 1.97 bits per heavy atom. The number of esters is 1. The molecule has 2 heterocycles. The van der Waals surface area contributed by atoms with E-state index in [1.54, 1.807) is 17.7 Å². The second-order valence-corrected chi connectivity index (χ2v) is 11.3. The Hall–Kier alpha value is -2.12. The van der Waals surface area contributed by atoms with E-state index in [0.717, 1.165) is 5.56 Å². The van der Waals surface area contributed by atoms with Crippen molar-refractivity contribution in [1.29, 1.82) is 0 Å². The Labute approximate surface area is 182 Å². The standard InChI is InChI=1S/C22H27ClN2O4S/c1-15-19(21(23)25(24-15)18-11-12-30(27,28)14-18)9-10-20(26)29-13-16-5-7-17(8-6-16)22(2,3)4/h5-10,18H,11-14H2,1-4H3/b10-9+. The summed E-state index contributed by atoms with van der Waals surface area (Å²) in [7, 11) is -3.05. The average molecular weight is 451 g/mol. The van der Waals surface area contributed by atoms with E-state index in [9.17, 15) is 13.2 Å². The molecule has 0 radical (unpaired) electrons. The van der Waals surface area contributed by atoms with E-state index in [0.29, 0.717) is 22.8 Å². The van der Waals surface area contributed by atoms with Gasteiger partial charge in [-0.3, -0.25) is 0 Å². The lowest BCUT2D eigenvalue weighted by atomic mass is 9.87. The average Bonchev–Trinajstić information content (AvgIpc) is 3.16. The molecule has 1 saturated heterocycles. The van der Waals surface area contributed by atoms with Crippen molar-refractivity contribution in [3.63, 3.8) is 0 Å². The van der Waals surface area contributed by atoms with Crippen molar-refractivity contribution in [2.24, 2.45) is 0 Å². The smallest absolute Gasteiger partial charge is 0.331 e. The van der Waals surface area contributed by atoms with Crippen molar-refractivity contribution in [3.05, 3.63) is 57.9 Å². The van der Waals surface area contributed by atoms with Crippen LogP contribution in [0.1, 0.15) is 55.6 Å². The van der Waals surface area contributed by atoms with Gasteiger partial charge in [-0.1, -0.05) is 56.6 Å². The molecule has 0 aliphatic carbocycles. The van der Waals surface area contributed by atoms with E-state index in [4.69, 9.17) is 16.3 Å². The molecule has 1 aromatic heterocycles. The second kappa shape index (κ2) is 8.55. The van der Waals surface area contributed by atoms with Crippen molar-refractivity contribution in [2.75, 3.05) is 11.5 Å². The number of halogens is 1. The van der Waals surface area contributed by atoms with Gasteiger partial charge in [-0.15, -0.1) is 0 Å². The fraction of sp³-hybridized carbons (Fsp3) is 0.455. The molecular formula is C22H27ClN2O4S. The first-order valence-electron chi connectivity index (χ1n) is 9.85. The molecular weight excluding hydrogens is 424 g/mol. The van der Waals surface area contributed by atoms with E-state index in [1.165, 1.54) is 11.6 Å². The van der Waals surface area contributed by atoms with Gasteiger partial charge in [0.1, 0.15) is 11.8 Å². The Bertz CT molecular complexity index is 1060. The molecule has 8 heteroatoms. The van der Waals surface area contributed by atoms with Crippen LogP contribution in [0.4, 0.5) is 0 Å². The van der Waals surface area contributed by atoms with Crippen LogP contribution in [0.2, 0.25) is 5.15 Å². The summed E-state index contributed by atoms with van der Waals surface area (Å²) >= 11 is 6.41. The third-order valence-electron chi connectivity index (χ3n) is 5.21. The highest BCUT2D eigenvalue weighted by molar-refractivity contribution is 7.91. The van der Waals surface area contributed by atoms with Gasteiger partial charge in [-0.2, -0.15) is 5.10 Å². The zero-order chi connectivity index (χ0) is 22.1. The highest BCUT2D eigenvalue weighted by atomic mass is 35.5. The lowest BCUT2D eigenvalue weighted by Crippen LogP contribution is -2.12. The fourth-order valence-corrected chi connectivity index (χ4v) is 5.45. The monoisotopic (exact) mass is 450 g/mol. The molecule has 0 N–H and O–H groups in total. The maximum atomic E-state index is 12.1. The van der Waals surface area contributed by atoms with Crippen molar-refractivity contribution in [3.8, 4) is 0 Å². The number of hydrogen-bond acceptors (Lipinski definition) is 5. The lowest BCUT2D eigenvalue weighted by Gasteiger charge is -2.19. The van der Waals surface area contributed by atoms with Gasteiger partial charge in [-0.25, -0.2) is 17.9 Å². The van der Waals surface area contributed by atoms with E-state index in [2.05, 4.69) is 25.9 Å². The first-order chi connectivity index (χ1) is 14.0. The number of carbonyl (C=O) groups is 1. The predicted octanol–water partition coefficient (Wildman–Crippen LogP) is 4.26. The minimum atomic E-state index is -3.05. The maximum absolute atomic E-state index is 12.1. The summed E-state index contributed by atoms with van der Waals surface area (Å²) in [6.45, 7) is 8.39. The first-order valence-corrected chi connectivity index (χ1v) is 12.1. The van der Waals surface area contributed by atoms with Crippen LogP contribution in [0.15, 0.2) is 30.3 Å². The summed E-state index contributed by atoms with van der Waals surface area (Å²) in [5, 5.41) is 4.70. The van der Waals surface area contributed by atoms with E-state index < -0.39 is 15.8 Å². The predicted molar refractivity (Wildman–Crippen MR) is 118 cm³/mol. The van der Waals surface area contributed by atoms with Crippen LogP contribution in [0.5, 0.6) is 0 Å². The van der Waals surface area contributed by atoms with Gasteiger partial charge in [-0.05, 0) is 36.0 Å². The zero-order valence-corrected chi connectivity index (χ0v) is 19.3. The summed E-state index contributed by atoms with van der Waals surface area (Å²) in [4.78, 5) is 12.1. The summed E-state index contributed by atoms with van der Waals surface area (Å²) in [6.07, 6.45) is 3.37. The molecule has 1 aromatic carbocycles. The normalized spacial score (nSPS) is 18.8. The summed E-state index contributed by atoms with van der Waals surface area (Å²) < 4.78 is 30.3. The number of rotatable bonds is 5. The number of ether oxygens (including phenoxy) is 1. The quantitative estimate of drug-likeness (QED) is 0.502. The number of benzene rings is 1. The minimum Gasteiger partial charge on any atom is -0.458 e. The Morgan fingerprint density at radius 1 is 1.30 bits per heavy atom. The molecule has 162 valence electrons. The molecule has 1 unspecified atom stereocenters. The van der Waals surface area contributed by atoms with Crippen LogP contribution < -0.4 is 0 Å². The van der Waals surface area contributed by atoms with Gasteiger partial charge in [0.2, 0.25) is 0 Å². The summed E-state index contributed by atoms with van der Waals surface area (Å²) in [5.74, 6) is -0.310. The van der Waals surface area contributed by atoms with E-state index >= 15 is 0 Å². The third-order valence-corrected chi connectivity index (χ3v) is 7.34. The number of nitrogens with zero attached hydrogens (tertiary/aromatic N) is 2. The SMILES string of the molecule is Cc1nn(C2CCS(=O)(=O)C2)c(Cl)c1/C=C/C(=O)OCc1ccc(C(C)(C)C)cc1. The van der Waals surface area contributed by atoms with E-state index in [1.807, 2.05) is 24.3 Å². The van der Waals surface area contributed by atoms with E-state index in [-0.39, 0.29) is 29.6 Å². The zero-order valence-electron chi connectivity index (χ0n) is 17.7. The van der Waals surface area contributed by atoms with Gasteiger partial charge >= 0.3 is 5.97 Å². The Kier molecular flexibility index (Phi) is 6.43. The third kappa shape index (κ3) is 5.32. The second-order valence-electron chi connectivity index (χ2n) is 8.68. The van der Waals surface area contributed by atoms with Crippen LogP contribution in [-0.4, -0.2) is 35.7 Å². The van der Waals surface area contributed by atoms with Crippen molar-refractivity contribution in [2.45, 2.75) is 52.2 Å². The molecule has 0 spiro atoms. The van der Waals surface area contributed by atoms with Crippen molar-refractivity contribution < 1.29 is 17.9 Å². The summed E-state index contributed by atoms with van der Waals surface area (Å²) in [6, 6.07) is 7.72. The molecule has 3 rings (SSSR count). The van der Waals surface area contributed by atoms with Crippen LogP contribution in [0, 0.1) is 6.92 Å². The molecule has 6 nitrogen and oxygen atoms in total. The van der Waals surface area contributed by atoms with Crippen LogP contribution >= 0.6 is 11.6 Å². The molecule has 30 heavy (non-hydrogen) atoms. The highest BCUT2D eigenvalue weighted by Crippen LogP contribution is 2.30. The Morgan fingerprint density at radius 3 is 2.53 bits per heavy atom. The highest BCUT2D eigenvalue weighted by Gasteiger charge is 2.31. The molecule has 1 fully saturated rings. The number of sulfone groups is 1. The fourth-order valence-electron chi connectivity index (χ4n) is 3.39. The molecule has 0 amide bonds. The Balaban J connectivity index is 1.62. The van der Waals surface area contributed by atoms with Gasteiger partial charge in [0.15, 0.2) is 9.84 Å². The van der Waals surface area contributed by atoms with Gasteiger partial charge in [0.05, 0.1) is 23.2 Å². The molecule has 1 aliphatic rings. The number of hydrogen-bond donors (Lipinski definition) is 0. The minimum absolute atomic E-state index is 0.0348. The molecule has 0 bridgehead atoms. The lowest BCUT2D eigenvalue weighted by molar-refractivity contribution is -0.138. The summed E-state index contributed by atoms with van der Waals surface area (Å²) in [5.41, 5.74) is 3.42. The van der Waals surface area contributed by atoms with Crippen molar-refractivity contribution in [1.82, 2.24) is 9.78 Å². The topological polar surface area (TPSA) is 78.3 Å². The number of aromatic nitrogens is 2.